The molecule has 1 aliphatic rings. The molecule has 9 heteroatoms. The lowest BCUT2D eigenvalue weighted by Crippen LogP contribution is -2.38. The van der Waals surface area contributed by atoms with Crippen LogP contribution in [0, 0.1) is 6.92 Å². The summed E-state index contributed by atoms with van der Waals surface area (Å²) in [7, 11) is 3.29. The van der Waals surface area contributed by atoms with Crippen molar-refractivity contribution in [3.63, 3.8) is 0 Å². The SMILES string of the molecule is COc1ccccc1-c1csc(COc2c(C)cccc2N2NNN(C)C2=O)n1. The molecule has 0 saturated carbocycles. The van der Waals surface area contributed by atoms with Crippen molar-refractivity contribution in [2.45, 2.75) is 13.5 Å². The van der Waals surface area contributed by atoms with Crippen LogP contribution in [-0.2, 0) is 6.61 Å². The minimum absolute atomic E-state index is 0.229. The third kappa shape index (κ3) is 3.75. The molecule has 150 valence electrons. The number of hydrazine groups is 3. The van der Waals surface area contributed by atoms with E-state index in [-0.39, 0.29) is 6.03 Å². The van der Waals surface area contributed by atoms with Crippen LogP contribution in [0.4, 0.5) is 10.5 Å². The quantitative estimate of drug-likeness (QED) is 0.646. The summed E-state index contributed by atoms with van der Waals surface area (Å²) in [6.07, 6.45) is 0. The minimum Gasteiger partial charge on any atom is -0.496 e. The van der Waals surface area contributed by atoms with Gasteiger partial charge < -0.3 is 9.47 Å². The van der Waals surface area contributed by atoms with Gasteiger partial charge in [-0.05, 0) is 30.7 Å². The van der Waals surface area contributed by atoms with Gasteiger partial charge in [0.05, 0.1) is 12.8 Å². The molecule has 2 N–H and O–H groups in total. The molecule has 0 spiro atoms. The lowest BCUT2D eigenvalue weighted by Gasteiger charge is -2.19. The van der Waals surface area contributed by atoms with Gasteiger partial charge in [0, 0.05) is 18.0 Å². The summed E-state index contributed by atoms with van der Waals surface area (Å²) in [6.45, 7) is 2.24. The number of methoxy groups -OCH3 is 1. The summed E-state index contributed by atoms with van der Waals surface area (Å²) < 4.78 is 11.5. The zero-order valence-corrected chi connectivity index (χ0v) is 17.1. The standard InChI is InChI=1S/C20H21N5O3S/c1-13-7-6-9-16(25-20(26)24(2)22-23-25)19(13)28-11-18-21-15(12-29-18)14-8-4-5-10-17(14)27-3/h4-10,12,22-23H,11H2,1-3H3. The Kier molecular flexibility index (Phi) is 5.34. The summed E-state index contributed by atoms with van der Waals surface area (Å²) in [5.74, 6) is 1.40. The normalized spacial score (nSPS) is 13.8. The van der Waals surface area contributed by atoms with Crippen molar-refractivity contribution in [1.29, 1.82) is 0 Å². The fourth-order valence-electron chi connectivity index (χ4n) is 3.03. The number of anilines is 1. The molecule has 2 amide bonds. The van der Waals surface area contributed by atoms with Crippen LogP contribution in [0.5, 0.6) is 11.5 Å². The molecule has 29 heavy (non-hydrogen) atoms. The molecule has 0 bridgehead atoms. The third-order valence-corrected chi connectivity index (χ3v) is 5.34. The van der Waals surface area contributed by atoms with Gasteiger partial charge in [-0.3, -0.25) is 0 Å². The highest BCUT2D eigenvalue weighted by atomic mass is 32.1. The van der Waals surface area contributed by atoms with E-state index in [2.05, 4.69) is 16.1 Å². The Morgan fingerprint density at radius 2 is 1.97 bits per heavy atom. The molecule has 0 unspecified atom stereocenters. The molecule has 1 fully saturated rings. The average molecular weight is 411 g/mol. The highest BCUT2D eigenvalue weighted by Crippen LogP contribution is 2.34. The number of hydrogen-bond donors (Lipinski definition) is 2. The molecule has 1 aliphatic heterocycles. The van der Waals surface area contributed by atoms with E-state index >= 15 is 0 Å². The zero-order valence-electron chi connectivity index (χ0n) is 16.3. The van der Waals surface area contributed by atoms with Gasteiger partial charge >= 0.3 is 6.03 Å². The number of para-hydroxylation sites is 2. The summed E-state index contributed by atoms with van der Waals surface area (Å²) in [6, 6.07) is 13.2. The number of aryl methyl sites for hydroxylation is 1. The number of thiazole rings is 1. The minimum atomic E-state index is -0.229. The summed E-state index contributed by atoms with van der Waals surface area (Å²) in [5.41, 5.74) is 8.92. The van der Waals surface area contributed by atoms with Gasteiger partial charge in [0.1, 0.15) is 28.8 Å². The Balaban J connectivity index is 1.55. The fourth-order valence-corrected chi connectivity index (χ4v) is 3.73. The molecule has 0 radical (unpaired) electrons. The largest absolute Gasteiger partial charge is 0.496 e. The van der Waals surface area contributed by atoms with Crippen LogP contribution >= 0.6 is 11.3 Å². The number of nitrogens with zero attached hydrogens (tertiary/aromatic N) is 3. The van der Waals surface area contributed by atoms with Gasteiger partial charge in [-0.1, -0.05) is 24.3 Å². The Hall–Kier alpha value is -3.14. The van der Waals surface area contributed by atoms with Crippen LogP contribution < -0.4 is 25.6 Å². The van der Waals surface area contributed by atoms with Crippen molar-refractivity contribution >= 4 is 23.1 Å². The first-order valence-electron chi connectivity index (χ1n) is 8.98. The monoisotopic (exact) mass is 411 g/mol. The second-order valence-electron chi connectivity index (χ2n) is 6.44. The van der Waals surface area contributed by atoms with Crippen LogP contribution in [0.15, 0.2) is 47.8 Å². The third-order valence-electron chi connectivity index (χ3n) is 4.51. The van der Waals surface area contributed by atoms with E-state index in [1.807, 2.05) is 54.8 Å². The van der Waals surface area contributed by atoms with Crippen LogP contribution in [0.2, 0.25) is 0 Å². The second-order valence-corrected chi connectivity index (χ2v) is 7.38. The van der Waals surface area contributed by atoms with Crippen molar-refractivity contribution in [3.05, 3.63) is 58.4 Å². The van der Waals surface area contributed by atoms with Gasteiger partial charge in [-0.15, -0.1) is 22.4 Å². The zero-order chi connectivity index (χ0) is 20.4. The number of ether oxygens (including phenoxy) is 2. The van der Waals surface area contributed by atoms with Crippen molar-refractivity contribution in [2.75, 3.05) is 19.2 Å². The highest BCUT2D eigenvalue weighted by molar-refractivity contribution is 7.09. The smallest absolute Gasteiger partial charge is 0.355 e. The second kappa shape index (κ2) is 8.08. The number of benzene rings is 2. The maximum absolute atomic E-state index is 12.3. The number of hydrogen-bond acceptors (Lipinski definition) is 7. The summed E-state index contributed by atoms with van der Waals surface area (Å²) in [5, 5.41) is 5.58. The van der Waals surface area contributed by atoms with Crippen molar-refractivity contribution in [2.24, 2.45) is 0 Å². The van der Waals surface area contributed by atoms with Crippen LogP contribution in [-0.4, -0.2) is 30.2 Å². The van der Waals surface area contributed by atoms with Gasteiger partial charge in [0.15, 0.2) is 0 Å². The molecule has 0 atom stereocenters. The summed E-state index contributed by atoms with van der Waals surface area (Å²) >= 11 is 1.52. The number of urea groups is 1. The van der Waals surface area contributed by atoms with E-state index in [1.165, 1.54) is 21.4 Å². The first-order valence-corrected chi connectivity index (χ1v) is 9.85. The van der Waals surface area contributed by atoms with Gasteiger partial charge in [0.2, 0.25) is 0 Å². The molecule has 2 aromatic carbocycles. The molecule has 1 saturated heterocycles. The number of nitrogens with one attached hydrogen (secondary N) is 2. The van der Waals surface area contributed by atoms with E-state index < -0.39 is 0 Å². The van der Waals surface area contributed by atoms with Crippen molar-refractivity contribution in [3.8, 4) is 22.8 Å². The Bertz CT molecular complexity index is 1040. The van der Waals surface area contributed by atoms with Gasteiger partial charge in [-0.25, -0.2) is 19.8 Å². The number of carbonyl (C=O) groups excluding carboxylic acids is 1. The molecule has 8 nitrogen and oxygen atoms in total. The van der Waals surface area contributed by atoms with Crippen LogP contribution in [0.3, 0.4) is 0 Å². The predicted octanol–water partition coefficient (Wildman–Crippen LogP) is 3.50. The predicted molar refractivity (Wildman–Crippen MR) is 112 cm³/mol. The van der Waals surface area contributed by atoms with Crippen LogP contribution in [0.25, 0.3) is 11.3 Å². The van der Waals surface area contributed by atoms with Crippen molar-refractivity contribution in [1.82, 2.24) is 21.1 Å². The van der Waals surface area contributed by atoms with Crippen molar-refractivity contribution < 1.29 is 14.3 Å². The molecule has 3 aromatic rings. The number of amides is 2. The molecule has 2 heterocycles. The lowest BCUT2D eigenvalue weighted by molar-refractivity contribution is 0.214. The number of carbonyl (C=O) groups is 1. The molecular formula is C20H21N5O3S. The number of rotatable bonds is 6. The highest BCUT2D eigenvalue weighted by Gasteiger charge is 2.29. The van der Waals surface area contributed by atoms with Crippen LogP contribution in [0.1, 0.15) is 10.6 Å². The Labute approximate surface area is 172 Å². The average Bonchev–Trinajstić information content (AvgIpc) is 3.34. The maximum atomic E-state index is 12.3. The Morgan fingerprint density at radius 1 is 1.14 bits per heavy atom. The van der Waals surface area contributed by atoms with E-state index in [0.29, 0.717) is 18.0 Å². The topological polar surface area (TPSA) is 79.0 Å². The van der Waals surface area contributed by atoms with E-state index in [4.69, 9.17) is 9.47 Å². The first kappa shape index (κ1) is 19.2. The molecular weight excluding hydrogens is 390 g/mol. The molecule has 1 aromatic heterocycles. The fraction of sp³-hybridized carbons (Fsp3) is 0.200. The number of aromatic nitrogens is 1. The molecule has 0 aliphatic carbocycles. The Morgan fingerprint density at radius 3 is 2.72 bits per heavy atom. The van der Waals surface area contributed by atoms with E-state index in [9.17, 15) is 4.79 Å². The van der Waals surface area contributed by atoms with E-state index in [0.717, 1.165) is 27.6 Å². The lowest BCUT2D eigenvalue weighted by atomic mass is 10.1. The van der Waals surface area contributed by atoms with Gasteiger partial charge in [0.25, 0.3) is 0 Å². The first-order chi connectivity index (χ1) is 14.1. The summed E-state index contributed by atoms with van der Waals surface area (Å²) in [4.78, 5) is 17.0. The van der Waals surface area contributed by atoms with Gasteiger partial charge in [-0.2, -0.15) is 0 Å². The van der Waals surface area contributed by atoms with E-state index in [1.54, 1.807) is 14.2 Å². The molecule has 4 rings (SSSR count). The maximum Gasteiger partial charge on any atom is 0.355 e.